The maximum Gasteiger partial charge on any atom is 0.317 e. The number of ether oxygens (including phenoxy) is 1. The van der Waals surface area contributed by atoms with E-state index in [1.165, 1.54) is 0 Å². The molecule has 0 bridgehead atoms. The van der Waals surface area contributed by atoms with Gasteiger partial charge >= 0.3 is 5.97 Å². The molecule has 23 heavy (non-hydrogen) atoms. The van der Waals surface area contributed by atoms with Crippen LogP contribution in [0.15, 0.2) is 36.7 Å². The van der Waals surface area contributed by atoms with Crippen LogP contribution in [0.1, 0.15) is 39.2 Å². The minimum atomic E-state index is -0.469. The number of esters is 1. The Morgan fingerprint density at radius 2 is 1.65 bits per heavy atom. The molecular weight excluding hydrogens is 290 g/mol. The van der Waals surface area contributed by atoms with Crippen molar-refractivity contribution >= 4 is 11.9 Å². The van der Waals surface area contributed by atoms with E-state index in [0.717, 1.165) is 29.5 Å². The van der Waals surface area contributed by atoms with Crippen molar-refractivity contribution in [3.63, 3.8) is 0 Å². The van der Waals surface area contributed by atoms with Gasteiger partial charge < -0.3 is 10.5 Å². The van der Waals surface area contributed by atoms with E-state index in [-0.39, 0.29) is 11.9 Å². The number of aromatic nitrogens is 2. The van der Waals surface area contributed by atoms with Crippen LogP contribution < -0.4 is 5.73 Å². The van der Waals surface area contributed by atoms with Gasteiger partial charge in [0.05, 0.1) is 5.41 Å². The number of benzene rings is 1. The van der Waals surface area contributed by atoms with Gasteiger partial charge in [0, 0.05) is 18.0 Å². The van der Waals surface area contributed by atoms with E-state index in [1.807, 2.05) is 45.0 Å². The average molecular weight is 311 g/mol. The summed E-state index contributed by atoms with van der Waals surface area (Å²) < 4.78 is 5.57. The topological polar surface area (TPSA) is 78.1 Å². The minimum absolute atomic E-state index is 0.131. The first-order chi connectivity index (χ1) is 10.8. The molecule has 1 aromatic carbocycles. The lowest BCUT2D eigenvalue weighted by Crippen LogP contribution is -2.31. The molecule has 1 heterocycles. The second-order valence-electron chi connectivity index (χ2n) is 6.99. The van der Waals surface area contributed by atoms with Crippen molar-refractivity contribution in [3.8, 4) is 11.1 Å². The predicted octanol–water partition coefficient (Wildman–Crippen LogP) is 3.10. The molecule has 2 aromatic rings. The molecule has 1 aliphatic carbocycles. The van der Waals surface area contributed by atoms with Crippen LogP contribution in [-0.4, -0.2) is 21.5 Å². The number of hydrogen-bond donors (Lipinski definition) is 1. The van der Waals surface area contributed by atoms with Gasteiger partial charge in [0.15, 0.2) is 0 Å². The standard InChI is InChI=1S/C18H21N3O2/c1-17(2,3)23-15(22)18(8-9-18)14-6-4-12(5-7-14)13-10-20-16(19)21-11-13/h4-7,10-11H,8-9H2,1-3H3,(H2,19,20,21). The number of anilines is 1. The lowest BCUT2D eigenvalue weighted by molar-refractivity contribution is -0.158. The molecule has 5 nitrogen and oxygen atoms in total. The van der Waals surface area contributed by atoms with E-state index in [4.69, 9.17) is 10.5 Å². The average Bonchev–Trinajstić information content (AvgIpc) is 3.28. The highest BCUT2D eigenvalue weighted by Gasteiger charge is 2.53. The van der Waals surface area contributed by atoms with E-state index in [9.17, 15) is 4.79 Å². The number of nitrogen functional groups attached to an aromatic ring is 1. The molecule has 1 saturated carbocycles. The van der Waals surface area contributed by atoms with E-state index in [0.29, 0.717) is 0 Å². The van der Waals surface area contributed by atoms with Gasteiger partial charge in [0.2, 0.25) is 5.95 Å². The molecule has 1 fully saturated rings. The largest absolute Gasteiger partial charge is 0.459 e. The van der Waals surface area contributed by atoms with Gasteiger partial charge in [0.25, 0.3) is 0 Å². The maximum absolute atomic E-state index is 12.5. The zero-order chi connectivity index (χ0) is 16.7. The third-order valence-electron chi connectivity index (χ3n) is 3.98. The Balaban J connectivity index is 1.82. The van der Waals surface area contributed by atoms with Crippen LogP contribution in [0.2, 0.25) is 0 Å². The Kier molecular flexibility index (Phi) is 3.59. The van der Waals surface area contributed by atoms with Crippen LogP contribution >= 0.6 is 0 Å². The van der Waals surface area contributed by atoms with Crippen molar-refractivity contribution in [3.05, 3.63) is 42.2 Å². The molecule has 120 valence electrons. The molecule has 1 aromatic heterocycles. The normalized spacial score (nSPS) is 16.0. The summed E-state index contributed by atoms with van der Waals surface area (Å²) in [5.41, 5.74) is 7.47. The summed E-state index contributed by atoms with van der Waals surface area (Å²) in [7, 11) is 0. The fourth-order valence-electron chi connectivity index (χ4n) is 2.58. The summed E-state index contributed by atoms with van der Waals surface area (Å²) in [6.07, 6.45) is 5.06. The van der Waals surface area contributed by atoms with Crippen LogP contribution in [0.5, 0.6) is 0 Å². The summed E-state index contributed by atoms with van der Waals surface area (Å²) >= 11 is 0. The molecule has 0 spiro atoms. The molecule has 0 amide bonds. The minimum Gasteiger partial charge on any atom is -0.459 e. The van der Waals surface area contributed by atoms with Crippen molar-refractivity contribution in [2.75, 3.05) is 5.73 Å². The molecule has 2 N–H and O–H groups in total. The van der Waals surface area contributed by atoms with E-state index in [1.54, 1.807) is 12.4 Å². The highest BCUT2D eigenvalue weighted by atomic mass is 16.6. The Hall–Kier alpha value is -2.43. The number of rotatable bonds is 3. The predicted molar refractivity (Wildman–Crippen MR) is 88.6 cm³/mol. The molecule has 0 radical (unpaired) electrons. The van der Waals surface area contributed by atoms with E-state index < -0.39 is 11.0 Å². The van der Waals surface area contributed by atoms with Gasteiger partial charge in [0.1, 0.15) is 5.60 Å². The molecule has 5 heteroatoms. The second-order valence-corrected chi connectivity index (χ2v) is 6.99. The first-order valence-corrected chi connectivity index (χ1v) is 7.72. The van der Waals surface area contributed by atoms with Gasteiger partial charge in [-0.1, -0.05) is 24.3 Å². The summed E-state index contributed by atoms with van der Waals surface area (Å²) in [4.78, 5) is 20.5. The smallest absolute Gasteiger partial charge is 0.317 e. The zero-order valence-corrected chi connectivity index (χ0v) is 13.7. The first-order valence-electron chi connectivity index (χ1n) is 7.72. The summed E-state index contributed by atoms with van der Waals surface area (Å²) in [6.45, 7) is 5.68. The molecule has 3 rings (SSSR count). The van der Waals surface area contributed by atoms with E-state index >= 15 is 0 Å². The first kappa shape index (κ1) is 15.5. The molecule has 1 aliphatic rings. The Morgan fingerprint density at radius 3 is 2.13 bits per heavy atom. The molecule has 0 saturated heterocycles. The van der Waals surface area contributed by atoms with Crippen molar-refractivity contribution in [1.29, 1.82) is 0 Å². The monoisotopic (exact) mass is 311 g/mol. The summed E-state index contributed by atoms with van der Waals surface area (Å²) in [5, 5.41) is 0. The Morgan fingerprint density at radius 1 is 1.09 bits per heavy atom. The van der Waals surface area contributed by atoms with Crippen molar-refractivity contribution in [2.45, 2.75) is 44.6 Å². The Bertz CT molecular complexity index is 711. The number of carbonyl (C=O) groups excluding carboxylic acids is 1. The quantitative estimate of drug-likeness (QED) is 0.881. The Labute approximate surface area is 135 Å². The van der Waals surface area contributed by atoms with Crippen molar-refractivity contribution in [2.24, 2.45) is 0 Å². The molecule has 0 atom stereocenters. The van der Waals surface area contributed by atoms with Crippen molar-refractivity contribution < 1.29 is 9.53 Å². The van der Waals surface area contributed by atoms with Gasteiger partial charge in [-0.25, -0.2) is 9.97 Å². The SMILES string of the molecule is CC(C)(C)OC(=O)C1(c2ccc(-c3cnc(N)nc3)cc2)CC1. The van der Waals surface area contributed by atoms with E-state index in [2.05, 4.69) is 9.97 Å². The fourth-order valence-corrected chi connectivity index (χ4v) is 2.58. The lowest BCUT2D eigenvalue weighted by Gasteiger charge is -2.24. The second kappa shape index (κ2) is 5.33. The fraction of sp³-hybridized carbons (Fsp3) is 0.389. The number of nitrogens with two attached hydrogens (primary N) is 1. The van der Waals surface area contributed by atoms with Crippen LogP contribution in [0.3, 0.4) is 0 Å². The van der Waals surface area contributed by atoms with Gasteiger partial charge in [-0.2, -0.15) is 0 Å². The third-order valence-corrected chi connectivity index (χ3v) is 3.98. The summed E-state index contributed by atoms with van der Waals surface area (Å²) in [5.74, 6) is 0.126. The van der Waals surface area contributed by atoms with Crippen molar-refractivity contribution in [1.82, 2.24) is 9.97 Å². The number of nitrogens with zero attached hydrogens (tertiary/aromatic N) is 2. The molecular formula is C18H21N3O2. The molecule has 0 aliphatic heterocycles. The highest BCUT2D eigenvalue weighted by molar-refractivity contribution is 5.87. The zero-order valence-electron chi connectivity index (χ0n) is 13.7. The molecule has 0 unspecified atom stereocenters. The van der Waals surface area contributed by atoms with Crippen LogP contribution in [0.25, 0.3) is 11.1 Å². The van der Waals surface area contributed by atoms with Gasteiger partial charge in [-0.05, 0) is 44.7 Å². The maximum atomic E-state index is 12.5. The summed E-state index contributed by atoms with van der Waals surface area (Å²) in [6, 6.07) is 7.94. The highest BCUT2D eigenvalue weighted by Crippen LogP contribution is 2.50. The van der Waals surface area contributed by atoms with Crippen LogP contribution in [0, 0.1) is 0 Å². The lowest BCUT2D eigenvalue weighted by atomic mass is 9.94. The third kappa shape index (κ3) is 3.18. The number of carbonyl (C=O) groups is 1. The van der Waals surface area contributed by atoms with Gasteiger partial charge in [-0.15, -0.1) is 0 Å². The van der Waals surface area contributed by atoms with Crippen LogP contribution in [0.4, 0.5) is 5.95 Å². The van der Waals surface area contributed by atoms with Crippen LogP contribution in [-0.2, 0) is 14.9 Å². The number of hydrogen-bond acceptors (Lipinski definition) is 5. The van der Waals surface area contributed by atoms with Gasteiger partial charge in [-0.3, -0.25) is 4.79 Å².